The van der Waals surface area contributed by atoms with Gasteiger partial charge in [0.05, 0.1) is 12.1 Å². The number of aryl methyl sites for hydroxylation is 1. The smallest absolute Gasteiger partial charge is 0.260 e. The lowest BCUT2D eigenvalue weighted by atomic mass is 10.0. The Morgan fingerprint density at radius 2 is 1.91 bits per heavy atom. The highest BCUT2D eigenvalue weighted by molar-refractivity contribution is 5.94. The molecular formula is C17H20N2O3. The number of aromatic nitrogens is 1. The third kappa shape index (κ3) is 4.05. The molecule has 1 amide bonds. The van der Waals surface area contributed by atoms with Gasteiger partial charge in [0.15, 0.2) is 0 Å². The van der Waals surface area contributed by atoms with Gasteiger partial charge in [0.2, 0.25) is 0 Å². The van der Waals surface area contributed by atoms with E-state index in [0.717, 1.165) is 5.56 Å². The molecule has 2 unspecified atom stereocenters. The number of hydrogen-bond acceptors (Lipinski definition) is 3. The molecule has 0 aliphatic rings. The van der Waals surface area contributed by atoms with Crippen molar-refractivity contribution in [3.63, 3.8) is 0 Å². The summed E-state index contributed by atoms with van der Waals surface area (Å²) >= 11 is 0. The quantitative estimate of drug-likeness (QED) is 0.780. The number of amides is 1. The van der Waals surface area contributed by atoms with Crippen molar-refractivity contribution >= 4 is 5.91 Å². The van der Waals surface area contributed by atoms with E-state index in [1.165, 1.54) is 6.07 Å². The molecule has 0 radical (unpaired) electrons. The van der Waals surface area contributed by atoms with Crippen molar-refractivity contribution < 1.29 is 9.90 Å². The van der Waals surface area contributed by atoms with Crippen LogP contribution in [0.2, 0.25) is 0 Å². The second-order valence-electron chi connectivity index (χ2n) is 5.40. The van der Waals surface area contributed by atoms with Crippen LogP contribution < -0.4 is 10.9 Å². The lowest BCUT2D eigenvalue weighted by Crippen LogP contribution is -2.43. The molecule has 5 nitrogen and oxygen atoms in total. The lowest BCUT2D eigenvalue weighted by Gasteiger charge is -2.20. The summed E-state index contributed by atoms with van der Waals surface area (Å²) in [6, 6.07) is 12.2. The van der Waals surface area contributed by atoms with Crippen molar-refractivity contribution in [1.29, 1.82) is 0 Å². The summed E-state index contributed by atoms with van der Waals surface area (Å²) in [5.74, 6) is -0.485. The third-order valence-corrected chi connectivity index (χ3v) is 3.52. The Kier molecular flexibility index (Phi) is 5.12. The van der Waals surface area contributed by atoms with Crippen molar-refractivity contribution in [2.45, 2.75) is 32.4 Å². The van der Waals surface area contributed by atoms with Crippen LogP contribution in [-0.2, 0) is 6.42 Å². The molecule has 22 heavy (non-hydrogen) atoms. The van der Waals surface area contributed by atoms with Gasteiger partial charge in [-0.25, -0.2) is 0 Å². The largest absolute Gasteiger partial charge is 0.391 e. The van der Waals surface area contributed by atoms with Gasteiger partial charge >= 0.3 is 0 Å². The molecule has 2 atom stereocenters. The second kappa shape index (κ2) is 7.04. The molecule has 5 heteroatoms. The first-order valence-corrected chi connectivity index (χ1v) is 7.20. The van der Waals surface area contributed by atoms with E-state index in [1.807, 2.05) is 30.3 Å². The Labute approximate surface area is 129 Å². The molecule has 2 rings (SSSR count). The summed E-state index contributed by atoms with van der Waals surface area (Å²) in [5.41, 5.74) is 1.30. The van der Waals surface area contributed by atoms with Crippen molar-refractivity contribution in [3.05, 3.63) is 69.6 Å². The summed E-state index contributed by atoms with van der Waals surface area (Å²) < 4.78 is 0. The summed E-state index contributed by atoms with van der Waals surface area (Å²) in [5, 5.41) is 12.8. The molecule has 0 saturated carbocycles. The second-order valence-corrected chi connectivity index (χ2v) is 5.40. The number of carbonyl (C=O) groups excluding carboxylic acids is 1. The summed E-state index contributed by atoms with van der Waals surface area (Å²) in [4.78, 5) is 26.4. The van der Waals surface area contributed by atoms with Crippen LogP contribution in [0.4, 0.5) is 0 Å². The van der Waals surface area contributed by atoms with E-state index in [2.05, 4.69) is 10.3 Å². The number of nitrogens with one attached hydrogen (secondary N) is 2. The Bertz CT molecular complexity index is 695. The van der Waals surface area contributed by atoms with Gasteiger partial charge < -0.3 is 15.4 Å². The Morgan fingerprint density at radius 3 is 2.55 bits per heavy atom. The zero-order valence-corrected chi connectivity index (χ0v) is 12.7. The average Bonchev–Trinajstić information content (AvgIpc) is 2.47. The molecule has 3 N–H and O–H groups in total. The highest BCUT2D eigenvalue weighted by Crippen LogP contribution is 2.06. The summed E-state index contributed by atoms with van der Waals surface area (Å²) in [6.45, 7) is 3.46. The van der Waals surface area contributed by atoms with E-state index in [9.17, 15) is 14.7 Å². The molecule has 2 aromatic rings. The Balaban J connectivity index is 2.00. The molecule has 0 fully saturated rings. The third-order valence-electron chi connectivity index (χ3n) is 3.52. The molecule has 1 aromatic carbocycles. The molecule has 0 bridgehead atoms. The van der Waals surface area contributed by atoms with Gasteiger partial charge in [0, 0.05) is 12.1 Å². The molecular weight excluding hydrogens is 280 g/mol. The molecule has 0 saturated heterocycles. The fraction of sp³-hybridized carbons (Fsp3) is 0.294. The van der Waals surface area contributed by atoms with E-state index >= 15 is 0 Å². The van der Waals surface area contributed by atoms with Crippen LogP contribution >= 0.6 is 0 Å². The lowest BCUT2D eigenvalue weighted by molar-refractivity contribution is 0.0850. The maximum absolute atomic E-state index is 12.1. The minimum absolute atomic E-state index is 0.0457. The van der Waals surface area contributed by atoms with Crippen LogP contribution in [0.15, 0.2) is 47.3 Å². The Morgan fingerprint density at radius 1 is 1.23 bits per heavy atom. The van der Waals surface area contributed by atoms with Crippen molar-refractivity contribution in [1.82, 2.24) is 10.3 Å². The predicted octanol–water partition coefficient (Wildman–Crippen LogP) is 1.41. The van der Waals surface area contributed by atoms with Crippen LogP contribution in [0.1, 0.15) is 28.5 Å². The standard InChI is InChI=1S/C17H20N2O3/c1-11-8-9-14(16(21)18-11)17(22)19-12(2)15(20)10-13-6-4-3-5-7-13/h3-9,12,15,20H,10H2,1-2H3,(H,18,21)(H,19,22). The van der Waals surface area contributed by atoms with Gasteiger partial charge in [0.25, 0.3) is 11.5 Å². The monoisotopic (exact) mass is 300 g/mol. The van der Waals surface area contributed by atoms with Crippen LogP contribution in [-0.4, -0.2) is 28.1 Å². The van der Waals surface area contributed by atoms with Crippen molar-refractivity contribution in [2.75, 3.05) is 0 Å². The number of pyridine rings is 1. The molecule has 116 valence electrons. The number of rotatable bonds is 5. The number of hydrogen-bond donors (Lipinski definition) is 3. The highest BCUT2D eigenvalue weighted by atomic mass is 16.3. The van der Waals surface area contributed by atoms with Gasteiger partial charge in [-0.1, -0.05) is 30.3 Å². The van der Waals surface area contributed by atoms with Gasteiger partial charge in [-0.15, -0.1) is 0 Å². The topological polar surface area (TPSA) is 82.2 Å². The number of aromatic amines is 1. The van der Waals surface area contributed by atoms with Crippen LogP contribution in [0, 0.1) is 6.92 Å². The maximum atomic E-state index is 12.1. The maximum Gasteiger partial charge on any atom is 0.260 e. The van der Waals surface area contributed by atoms with Gasteiger partial charge in [0.1, 0.15) is 5.56 Å². The average molecular weight is 300 g/mol. The van der Waals surface area contributed by atoms with E-state index in [4.69, 9.17) is 0 Å². The van der Waals surface area contributed by atoms with Gasteiger partial charge in [-0.05, 0) is 31.5 Å². The van der Waals surface area contributed by atoms with Crippen molar-refractivity contribution in [2.24, 2.45) is 0 Å². The summed E-state index contributed by atoms with van der Waals surface area (Å²) in [6.07, 6.45) is -0.289. The number of H-pyrrole nitrogens is 1. The van der Waals surface area contributed by atoms with E-state index < -0.39 is 23.6 Å². The molecule has 0 aliphatic carbocycles. The minimum atomic E-state index is -0.726. The number of carbonyl (C=O) groups is 1. The normalized spacial score (nSPS) is 13.4. The summed E-state index contributed by atoms with van der Waals surface area (Å²) in [7, 11) is 0. The molecule has 0 spiro atoms. The van der Waals surface area contributed by atoms with Crippen LogP contribution in [0.3, 0.4) is 0 Å². The van der Waals surface area contributed by atoms with Crippen molar-refractivity contribution in [3.8, 4) is 0 Å². The van der Waals surface area contributed by atoms with E-state index in [1.54, 1.807) is 19.9 Å². The number of aliphatic hydroxyl groups is 1. The highest BCUT2D eigenvalue weighted by Gasteiger charge is 2.19. The zero-order chi connectivity index (χ0) is 16.1. The number of aliphatic hydroxyl groups excluding tert-OH is 1. The molecule has 0 aliphatic heterocycles. The fourth-order valence-corrected chi connectivity index (χ4v) is 2.16. The Hall–Kier alpha value is -2.40. The van der Waals surface area contributed by atoms with Gasteiger partial charge in [-0.3, -0.25) is 9.59 Å². The fourth-order valence-electron chi connectivity index (χ4n) is 2.16. The van der Waals surface area contributed by atoms with E-state index in [-0.39, 0.29) is 5.56 Å². The predicted molar refractivity (Wildman–Crippen MR) is 84.9 cm³/mol. The van der Waals surface area contributed by atoms with Crippen LogP contribution in [0.25, 0.3) is 0 Å². The first-order chi connectivity index (χ1) is 10.5. The molecule has 1 aromatic heterocycles. The zero-order valence-electron chi connectivity index (χ0n) is 12.7. The minimum Gasteiger partial charge on any atom is -0.391 e. The van der Waals surface area contributed by atoms with E-state index in [0.29, 0.717) is 12.1 Å². The van der Waals surface area contributed by atoms with Gasteiger partial charge in [-0.2, -0.15) is 0 Å². The molecule has 1 heterocycles. The SMILES string of the molecule is Cc1ccc(C(=O)NC(C)C(O)Cc2ccccc2)c(=O)[nH]1. The van der Waals surface area contributed by atoms with Crippen LogP contribution in [0.5, 0.6) is 0 Å². The number of benzene rings is 1. The first-order valence-electron chi connectivity index (χ1n) is 7.20. The first kappa shape index (κ1) is 16.0.